The van der Waals surface area contributed by atoms with Crippen LogP contribution in [0, 0.1) is 0 Å². The fourth-order valence-electron chi connectivity index (χ4n) is 2.58. The van der Waals surface area contributed by atoms with Gasteiger partial charge in [-0.25, -0.2) is 0 Å². The molecule has 0 saturated carbocycles. The number of hydrogen-bond donors (Lipinski definition) is 2. The highest BCUT2D eigenvalue weighted by Gasteiger charge is 2.21. The standard InChI is InChI=1S/C17H26N4O3.2ClH/c1-24-12-7-18-13-16(22)19-14-17(23)21-10-8-20(9-11-21)15-5-3-2-4-6-15;;/h2-6,18H,7-14H2,1H3,(H,19,22);2*1H. The van der Waals surface area contributed by atoms with Crippen LogP contribution in [-0.4, -0.2) is 76.2 Å². The maximum atomic E-state index is 12.2. The Morgan fingerprint density at radius 2 is 1.69 bits per heavy atom. The molecule has 1 aromatic rings. The molecule has 0 radical (unpaired) electrons. The summed E-state index contributed by atoms with van der Waals surface area (Å²) in [4.78, 5) is 27.9. The molecule has 9 heteroatoms. The minimum atomic E-state index is -0.178. The molecule has 2 N–H and O–H groups in total. The van der Waals surface area contributed by atoms with Gasteiger partial charge in [0.25, 0.3) is 0 Å². The molecule has 0 aromatic heterocycles. The van der Waals surface area contributed by atoms with Crippen molar-refractivity contribution in [2.75, 3.05) is 64.4 Å². The molecule has 0 atom stereocenters. The maximum absolute atomic E-state index is 12.2. The number of ether oxygens (including phenoxy) is 1. The van der Waals surface area contributed by atoms with Gasteiger partial charge in [-0.2, -0.15) is 0 Å². The van der Waals surface area contributed by atoms with Gasteiger partial charge in [-0.1, -0.05) is 18.2 Å². The van der Waals surface area contributed by atoms with E-state index in [2.05, 4.69) is 27.7 Å². The molecule has 0 unspecified atom stereocenters. The van der Waals surface area contributed by atoms with Crippen LogP contribution in [-0.2, 0) is 14.3 Å². The highest BCUT2D eigenvalue weighted by atomic mass is 35.5. The third-order valence-corrected chi connectivity index (χ3v) is 3.96. The Bertz CT molecular complexity index is 526. The van der Waals surface area contributed by atoms with Gasteiger partial charge in [-0.3, -0.25) is 9.59 Å². The number of carbonyl (C=O) groups excluding carboxylic acids is 2. The van der Waals surface area contributed by atoms with Crippen LogP contribution in [0.25, 0.3) is 0 Å². The first-order valence-electron chi connectivity index (χ1n) is 8.25. The Morgan fingerprint density at radius 1 is 1.04 bits per heavy atom. The summed E-state index contributed by atoms with van der Waals surface area (Å²) in [5.41, 5.74) is 1.18. The molecule has 2 rings (SSSR count). The van der Waals surface area contributed by atoms with Gasteiger partial charge in [0, 0.05) is 45.5 Å². The number of piperazine rings is 1. The van der Waals surface area contributed by atoms with Crippen LogP contribution < -0.4 is 15.5 Å². The fourth-order valence-corrected chi connectivity index (χ4v) is 2.58. The second kappa shape index (κ2) is 13.6. The second-order valence-electron chi connectivity index (χ2n) is 5.65. The summed E-state index contributed by atoms with van der Waals surface area (Å²) in [6.45, 7) is 4.38. The topological polar surface area (TPSA) is 73.9 Å². The van der Waals surface area contributed by atoms with Crippen LogP contribution in [0.15, 0.2) is 30.3 Å². The van der Waals surface area contributed by atoms with Crippen molar-refractivity contribution in [3.63, 3.8) is 0 Å². The first-order valence-corrected chi connectivity index (χ1v) is 8.25. The van der Waals surface area contributed by atoms with Crippen molar-refractivity contribution in [2.24, 2.45) is 0 Å². The number of anilines is 1. The van der Waals surface area contributed by atoms with Gasteiger partial charge in [0.2, 0.25) is 11.8 Å². The molecule has 1 aliphatic heterocycles. The van der Waals surface area contributed by atoms with E-state index < -0.39 is 0 Å². The van der Waals surface area contributed by atoms with E-state index in [-0.39, 0.29) is 49.7 Å². The SMILES string of the molecule is COCCNCC(=O)NCC(=O)N1CCN(c2ccccc2)CC1.Cl.Cl. The minimum absolute atomic E-state index is 0. The van der Waals surface area contributed by atoms with Crippen LogP contribution >= 0.6 is 24.8 Å². The number of hydrogen-bond acceptors (Lipinski definition) is 5. The van der Waals surface area contributed by atoms with Crippen molar-refractivity contribution < 1.29 is 14.3 Å². The second-order valence-corrected chi connectivity index (χ2v) is 5.65. The van der Waals surface area contributed by atoms with E-state index in [0.717, 1.165) is 13.1 Å². The third-order valence-electron chi connectivity index (χ3n) is 3.96. The molecular weight excluding hydrogens is 379 g/mol. The number of amides is 2. The highest BCUT2D eigenvalue weighted by molar-refractivity contribution is 5.86. The van der Waals surface area contributed by atoms with E-state index in [4.69, 9.17) is 4.74 Å². The molecule has 2 amide bonds. The molecule has 0 aliphatic carbocycles. The number of nitrogens with one attached hydrogen (secondary N) is 2. The lowest BCUT2D eigenvalue weighted by atomic mass is 10.2. The van der Waals surface area contributed by atoms with E-state index in [1.54, 1.807) is 12.0 Å². The number of benzene rings is 1. The quantitative estimate of drug-likeness (QED) is 0.616. The summed E-state index contributed by atoms with van der Waals surface area (Å²) < 4.78 is 4.88. The Hall–Kier alpha value is -1.54. The zero-order chi connectivity index (χ0) is 17.2. The summed E-state index contributed by atoms with van der Waals surface area (Å²) in [7, 11) is 1.61. The molecule has 26 heavy (non-hydrogen) atoms. The zero-order valence-electron chi connectivity index (χ0n) is 15.0. The molecule has 1 aliphatic rings. The number of halogens is 2. The molecule has 1 fully saturated rings. The van der Waals surface area contributed by atoms with E-state index in [1.165, 1.54) is 5.69 Å². The van der Waals surface area contributed by atoms with Gasteiger partial charge in [-0.05, 0) is 12.1 Å². The van der Waals surface area contributed by atoms with Gasteiger partial charge < -0.3 is 25.2 Å². The van der Waals surface area contributed by atoms with Crippen molar-refractivity contribution in [2.45, 2.75) is 0 Å². The summed E-state index contributed by atoms with van der Waals surface area (Å²) in [6, 6.07) is 10.2. The van der Waals surface area contributed by atoms with Crippen LogP contribution in [0.4, 0.5) is 5.69 Å². The van der Waals surface area contributed by atoms with Gasteiger partial charge in [0.15, 0.2) is 0 Å². The van der Waals surface area contributed by atoms with Crippen LogP contribution in [0.2, 0.25) is 0 Å². The van der Waals surface area contributed by atoms with Crippen molar-refractivity contribution in [3.05, 3.63) is 30.3 Å². The summed E-state index contributed by atoms with van der Waals surface area (Å²) in [5, 5.41) is 5.60. The van der Waals surface area contributed by atoms with Gasteiger partial charge in [-0.15, -0.1) is 24.8 Å². The molecule has 7 nitrogen and oxygen atoms in total. The lowest BCUT2D eigenvalue weighted by Crippen LogP contribution is -2.51. The van der Waals surface area contributed by atoms with Gasteiger partial charge in [0.05, 0.1) is 19.7 Å². The average molecular weight is 407 g/mol. The lowest BCUT2D eigenvalue weighted by molar-refractivity contribution is -0.132. The van der Waals surface area contributed by atoms with Crippen molar-refractivity contribution in [1.82, 2.24) is 15.5 Å². The predicted molar refractivity (Wildman–Crippen MR) is 107 cm³/mol. The number of rotatable bonds is 8. The molecule has 0 spiro atoms. The van der Waals surface area contributed by atoms with E-state index in [1.807, 2.05) is 18.2 Å². The Labute approximate surface area is 167 Å². The molecule has 1 saturated heterocycles. The molecule has 1 aromatic carbocycles. The fraction of sp³-hybridized carbons (Fsp3) is 0.529. The smallest absolute Gasteiger partial charge is 0.242 e. The Balaban J connectivity index is 0.00000312. The Morgan fingerprint density at radius 3 is 2.31 bits per heavy atom. The van der Waals surface area contributed by atoms with Crippen molar-refractivity contribution >= 4 is 42.3 Å². The van der Waals surface area contributed by atoms with E-state index in [9.17, 15) is 9.59 Å². The van der Waals surface area contributed by atoms with Gasteiger partial charge in [0.1, 0.15) is 0 Å². The summed E-state index contributed by atoms with van der Waals surface area (Å²) >= 11 is 0. The molecule has 0 bridgehead atoms. The van der Waals surface area contributed by atoms with E-state index >= 15 is 0 Å². The predicted octanol–water partition coefficient (Wildman–Crippen LogP) is 0.531. The average Bonchev–Trinajstić information content (AvgIpc) is 2.64. The summed E-state index contributed by atoms with van der Waals surface area (Å²) in [6.07, 6.45) is 0. The Kier molecular flexibility index (Phi) is 12.8. The monoisotopic (exact) mass is 406 g/mol. The molecule has 148 valence electrons. The normalized spacial score (nSPS) is 13.4. The van der Waals surface area contributed by atoms with E-state index in [0.29, 0.717) is 26.2 Å². The largest absolute Gasteiger partial charge is 0.383 e. The van der Waals surface area contributed by atoms with Crippen LogP contribution in [0.3, 0.4) is 0 Å². The zero-order valence-corrected chi connectivity index (χ0v) is 16.6. The lowest BCUT2D eigenvalue weighted by Gasteiger charge is -2.36. The van der Waals surface area contributed by atoms with Gasteiger partial charge >= 0.3 is 0 Å². The number of methoxy groups -OCH3 is 1. The number of para-hydroxylation sites is 1. The maximum Gasteiger partial charge on any atom is 0.242 e. The minimum Gasteiger partial charge on any atom is -0.383 e. The number of nitrogens with zero attached hydrogens (tertiary/aromatic N) is 2. The third kappa shape index (κ3) is 8.23. The van der Waals surface area contributed by atoms with Crippen molar-refractivity contribution in [3.8, 4) is 0 Å². The van der Waals surface area contributed by atoms with Crippen molar-refractivity contribution in [1.29, 1.82) is 0 Å². The van der Waals surface area contributed by atoms with Crippen LogP contribution in [0.5, 0.6) is 0 Å². The first kappa shape index (κ1) is 24.5. The molecular formula is C17H28Cl2N4O3. The summed E-state index contributed by atoms with van der Waals surface area (Å²) in [5.74, 6) is -0.213. The highest BCUT2D eigenvalue weighted by Crippen LogP contribution is 2.15. The molecule has 1 heterocycles. The number of carbonyl (C=O) groups is 2. The first-order chi connectivity index (χ1) is 11.7. The van der Waals surface area contributed by atoms with Crippen LogP contribution in [0.1, 0.15) is 0 Å².